The van der Waals surface area contributed by atoms with Crippen molar-refractivity contribution in [1.82, 2.24) is 0 Å². The fourth-order valence-corrected chi connectivity index (χ4v) is 12.3. The number of fused-ring (bicyclic) bond motifs is 2. The van der Waals surface area contributed by atoms with E-state index < -0.39 is 0 Å². The van der Waals surface area contributed by atoms with Crippen LogP contribution in [0.4, 0.5) is 51.2 Å². The highest BCUT2D eigenvalue weighted by Crippen LogP contribution is 2.48. The van der Waals surface area contributed by atoms with Gasteiger partial charge in [0.05, 0.1) is 5.69 Å². The molecule has 0 amide bonds. The van der Waals surface area contributed by atoms with Crippen LogP contribution in [0.3, 0.4) is 0 Å². The van der Waals surface area contributed by atoms with Gasteiger partial charge in [0.2, 0.25) is 0 Å². The highest BCUT2D eigenvalue weighted by atomic mass is 32.2. The largest absolute Gasteiger partial charge is 0.310 e. The van der Waals surface area contributed by atoms with Gasteiger partial charge in [-0.15, -0.1) is 0 Å². The summed E-state index contributed by atoms with van der Waals surface area (Å²) < 4.78 is 0. The van der Waals surface area contributed by atoms with Gasteiger partial charge in [-0.05, 0) is 165 Å². The third kappa shape index (κ3) is 8.59. The molecule has 0 aliphatic rings. The second-order valence-corrected chi connectivity index (χ2v) is 20.4. The number of hydrogen-bond acceptors (Lipinski definition) is 5. The van der Waals surface area contributed by atoms with Gasteiger partial charge >= 0.3 is 0 Å². The SMILES string of the molecule is c1ccc(N(c2ccccc2)c2cccc(Sc3cccc(N(c4cccc(Sc5cccc(N(c6ccccc6)c6ccccc6)c5)c4)c4ccc5c6cccc7cccc(c8cccc4c85)c76)c3)c2)cc1. The van der Waals surface area contributed by atoms with Crippen molar-refractivity contribution in [2.24, 2.45) is 0 Å². The molecule has 346 valence electrons. The molecule has 5 heteroatoms. The summed E-state index contributed by atoms with van der Waals surface area (Å²) in [5.74, 6) is 0. The Hall–Kier alpha value is -8.74. The van der Waals surface area contributed by atoms with Gasteiger partial charge in [-0.1, -0.05) is 181 Å². The van der Waals surface area contributed by atoms with Crippen LogP contribution in [-0.2, 0) is 0 Å². The molecule has 0 aliphatic carbocycles. The lowest BCUT2D eigenvalue weighted by atomic mass is 9.89. The molecular weight excluding hydrogens is 923 g/mol. The summed E-state index contributed by atoms with van der Waals surface area (Å²) in [7, 11) is 0. The Bertz CT molecular complexity index is 3750. The third-order valence-electron chi connectivity index (χ3n) is 13.6. The Balaban J connectivity index is 0.918. The fourth-order valence-electron chi connectivity index (χ4n) is 10.5. The van der Waals surface area contributed by atoms with Crippen LogP contribution in [0.1, 0.15) is 0 Å². The van der Waals surface area contributed by atoms with E-state index in [0.717, 1.165) is 70.8 Å². The standard InChI is InChI=1S/C68H47N3S2/c1-5-22-49(23-6-1)69(50-24-7-2-8-25-50)53-30-15-34-57(44-53)72-59-36-17-32-55(46-59)71(66-43-42-64-62-39-14-21-48-20-13-38-61(67(48)62)63-40-19-41-65(66)68(63)64)56-33-18-37-60(47-56)73-58-35-16-31-54(45-58)70(51-26-9-3-10-27-51)52-28-11-4-12-29-52/h1-47H. The van der Waals surface area contributed by atoms with Gasteiger partial charge in [-0.2, -0.15) is 0 Å². The molecule has 0 spiro atoms. The number of nitrogens with zero attached hydrogens (tertiary/aromatic N) is 3. The smallest absolute Gasteiger partial charge is 0.0540 e. The van der Waals surface area contributed by atoms with E-state index in [1.54, 1.807) is 23.5 Å². The maximum Gasteiger partial charge on any atom is 0.0540 e. The summed E-state index contributed by atoms with van der Waals surface area (Å²) in [6.07, 6.45) is 0. The van der Waals surface area contributed by atoms with Crippen LogP contribution in [-0.4, -0.2) is 0 Å². The highest BCUT2D eigenvalue weighted by Gasteiger charge is 2.22. The molecule has 0 radical (unpaired) electrons. The van der Waals surface area contributed by atoms with Crippen LogP contribution < -0.4 is 14.7 Å². The molecule has 0 aliphatic heterocycles. The van der Waals surface area contributed by atoms with Crippen molar-refractivity contribution in [2.75, 3.05) is 14.7 Å². The number of rotatable bonds is 13. The van der Waals surface area contributed by atoms with Crippen molar-refractivity contribution in [2.45, 2.75) is 19.6 Å². The topological polar surface area (TPSA) is 9.72 Å². The number of para-hydroxylation sites is 4. The Kier molecular flexibility index (Phi) is 11.8. The minimum Gasteiger partial charge on any atom is -0.310 e. The predicted molar refractivity (Wildman–Crippen MR) is 313 cm³/mol. The average molecular weight is 970 g/mol. The third-order valence-corrected chi connectivity index (χ3v) is 15.5. The molecule has 13 rings (SSSR count). The molecular formula is C68H47N3S2. The van der Waals surface area contributed by atoms with Crippen molar-refractivity contribution in [1.29, 1.82) is 0 Å². The minimum absolute atomic E-state index is 1.08. The molecule has 13 aromatic rings. The Morgan fingerprint density at radius 2 is 0.507 bits per heavy atom. The van der Waals surface area contributed by atoms with E-state index in [4.69, 9.17) is 0 Å². The summed E-state index contributed by atoms with van der Waals surface area (Å²) in [5.41, 5.74) is 9.97. The number of benzene rings is 13. The molecule has 0 heterocycles. The normalized spacial score (nSPS) is 11.4. The first-order chi connectivity index (χ1) is 36.2. The van der Waals surface area contributed by atoms with E-state index in [2.05, 4.69) is 300 Å². The van der Waals surface area contributed by atoms with Gasteiger partial charge < -0.3 is 14.7 Å². The van der Waals surface area contributed by atoms with Crippen molar-refractivity contribution >= 4 is 118 Å². The quantitative estimate of drug-likeness (QED) is 0.0839. The second kappa shape index (κ2) is 19.5. The van der Waals surface area contributed by atoms with Crippen LogP contribution in [0.5, 0.6) is 0 Å². The molecule has 13 aromatic carbocycles. The maximum atomic E-state index is 2.46. The average Bonchev–Trinajstić information content (AvgIpc) is 3.44. The van der Waals surface area contributed by atoms with Crippen LogP contribution >= 0.6 is 23.5 Å². The number of anilines is 9. The van der Waals surface area contributed by atoms with Crippen LogP contribution in [0.2, 0.25) is 0 Å². The zero-order valence-electron chi connectivity index (χ0n) is 39.8. The first-order valence-electron chi connectivity index (χ1n) is 24.6. The molecule has 0 aromatic heterocycles. The Labute approximate surface area is 434 Å². The lowest BCUT2D eigenvalue weighted by Crippen LogP contribution is -2.11. The first-order valence-corrected chi connectivity index (χ1v) is 26.3. The summed E-state index contributed by atoms with van der Waals surface area (Å²) in [6.45, 7) is 0. The summed E-state index contributed by atoms with van der Waals surface area (Å²) >= 11 is 3.57. The van der Waals surface area contributed by atoms with E-state index in [-0.39, 0.29) is 0 Å². The number of hydrogen-bond donors (Lipinski definition) is 0. The summed E-state index contributed by atoms with van der Waals surface area (Å²) in [4.78, 5) is 11.7. The first kappa shape index (κ1) is 44.2. The fraction of sp³-hybridized carbons (Fsp3) is 0. The van der Waals surface area contributed by atoms with Gasteiger partial charge in [0.15, 0.2) is 0 Å². The van der Waals surface area contributed by atoms with E-state index >= 15 is 0 Å². The van der Waals surface area contributed by atoms with Crippen LogP contribution in [0.25, 0.3) is 43.1 Å². The zero-order valence-corrected chi connectivity index (χ0v) is 41.4. The summed E-state index contributed by atoms with van der Waals surface area (Å²) in [6, 6.07) is 103. The molecule has 0 saturated carbocycles. The van der Waals surface area contributed by atoms with E-state index in [0.29, 0.717) is 0 Å². The highest BCUT2D eigenvalue weighted by molar-refractivity contribution is 7.99. The molecule has 0 atom stereocenters. The lowest BCUT2D eigenvalue weighted by molar-refractivity contribution is 1.24. The molecule has 73 heavy (non-hydrogen) atoms. The second-order valence-electron chi connectivity index (χ2n) is 18.1. The van der Waals surface area contributed by atoms with E-state index in [1.165, 1.54) is 43.1 Å². The Morgan fingerprint density at radius 1 is 0.205 bits per heavy atom. The molecule has 0 fully saturated rings. The molecule has 3 nitrogen and oxygen atoms in total. The molecule has 0 N–H and O–H groups in total. The van der Waals surface area contributed by atoms with Gasteiger partial charge in [-0.3, -0.25) is 0 Å². The minimum atomic E-state index is 1.08. The van der Waals surface area contributed by atoms with Gasteiger partial charge in [0.1, 0.15) is 0 Å². The van der Waals surface area contributed by atoms with E-state index in [9.17, 15) is 0 Å². The van der Waals surface area contributed by atoms with E-state index in [1.807, 2.05) is 0 Å². The monoisotopic (exact) mass is 969 g/mol. The van der Waals surface area contributed by atoms with Crippen molar-refractivity contribution in [3.05, 3.63) is 285 Å². The van der Waals surface area contributed by atoms with Crippen molar-refractivity contribution in [3.63, 3.8) is 0 Å². The van der Waals surface area contributed by atoms with Crippen LogP contribution in [0.15, 0.2) is 305 Å². The summed E-state index contributed by atoms with van der Waals surface area (Å²) in [5, 5.41) is 10.2. The molecule has 0 bridgehead atoms. The van der Waals surface area contributed by atoms with Crippen molar-refractivity contribution < 1.29 is 0 Å². The zero-order chi connectivity index (χ0) is 48.5. The van der Waals surface area contributed by atoms with Crippen molar-refractivity contribution in [3.8, 4) is 0 Å². The Morgan fingerprint density at radius 3 is 0.904 bits per heavy atom. The lowest BCUT2D eigenvalue weighted by Gasteiger charge is -2.28. The van der Waals surface area contributed by atoms with Gasteiger partial charge in [-0.25, -0.2) is 0 Å². The predicted octanol–water partition coefficient (Wildman–Crippen LogP) is 20.4. The maximum absolute atomic E-state index is 2.46. The molecule has 0 saturated heterocycles. The van der Waals surface area contributed by atoms with Gasteiger partial charge in [0.25, 0.3) is 0 Å². The van der Waals surface area contributed by atoms with Crippen LogP contribution in [0, 0.1) is 0 Å². The molecule has 0 unspecified atom stereocenters. The van der Waals surface area contributed by atoms with Gasteiger partial charge in [0, 0.05) is 70.5 Å².